The van der Waals surface area contributed by atoms with Crippen LogP contribution in [0.4, 0.5) is 0 Å². The molecule has 1 aliphatic carbocycles. The molecule has 0 bridgehead atoms. The Bertz CT molecular complexity index is 378. The number of benzene rings is 1. The molecule has 2 rings (SSSR count). The summed E-state index contributed by atoms with van der Waals surface area (Å²) >= 11 is 5.88. The fraction of sp³-hybridized carbons (Fsp3) is 0.571. The molecule has 0 spiro atoms. The Morgan fingerprint density at radius 3 is 1.88 bits per heavy atom. The van der Waals surface area contributed by atoms with Gasteiger partial charge in [0.2, 0.25) is 0 Å². The molecule has 1 aromatic rings. The van der Waals surface area contributed by atoms with Gasteiger partial charge in [0.1, 0.15) is 0 Å². The van der Waals surface area contributed by atoms with Gasteiger partial charge >= 0.3 is 0 Å². The minimum Gasteiger partial charge on any atom is -0.324 e. The molecular formula is C14H20ClN. The highest BCUT2D eigenvalue weighted by Crippen LogP contribution is 2.71. The van der Waals surface area contributed by atoms with E-state index < -0.39 is 0 Å². The first kappa shape index (κ1) is 11.9. The van der Waals surface area contributed by atoms with Gasteiger partial charge in [-0.05, 0) is 34.4 Å². The van der Waals surface area contributed by atoms with E-state index >= 15 is 0 Å². The summed E-state index contributed by atoms with van der Waals surface area (Å²) in [6.07, 6.45) is 0. The Kier molecular flexibility index (Phi) is 2.60. The molecule has 2 heteroatoms. The molecule has 0 radical (unpaired) electrons. The Labute approximate surface area is 103 Å². The summed E-state index contributed by atoms with van der Waals surface area (Å²) in [4.78, 5) is 0. The zero-order valence-corrected chi connectivity index (χ0v) is 11.2. The van der Waals surface area contributed by atoms with Crippen LogP contribution >= 0.6 is 11.6 Å². The average Bonchev–Trinajstić information content (AvgIpc) is 2.57. The molecule has 0 amide bonds. The maximum Gasteiger partial charge on any atom is 0.0406 e. The standard InChI is InChI=1S/C14H20ClN/c1-13(2)12(14(13,3)4)11(16)9-5-7-10(15)8-6-9/h5-8,11-12H,16H2,1-4H3. The van der Waals surface area contributed by atoms with E-state index in [-0.39, 0.29) is 6.04 Å². The summed E-state index contributed by atoms with van der Waals surface area (Å²) < 4.78 is 0. The van der Waals surface area contributed by atoms with Crippen LogP contribution < -0.4 is 5.73 Å². The lowest BCUT2D eigenvalue weighted by Gasteiger charge is -2.14. The molecule has 1 aromatic carbocycles. The first-order chi connectivity index (χ1) is 7.28. The number of hydrogen-bond acceptors (Lipinski definition) is 1. The highest BCUT2D eigenvalue weighted by atomic mass is 35.5. The van der Waals surface area contributed by atoms with Gasteiger partial charge in [-0.25, -0.2) is 0 Å². The van der Waals surface area contributed by atoms with Crippen LogP contribution in [0.15, 0.2) is 24.3 Å². The van der Waals surface area contributed by atoms with Crippen molar-refractivity contribution in [1.29, 1.82) is 0 Å². The number of rotatable bonds is 2. The summed E-state index contributed by atoms with van der Waals surface area (Å²) in [5, 5.41) is 0.769. The summed E-state index contributed by atoms with van der Waals surface area (Å²) in [6, 6.07) is 8.02. The molecule has 1 nitrogen and oxygen atoms in total. The topological polar surface area (TPSA) is 26.0 Å². The predicted octanol–water partition coefficient (Wildman–Crippen LogP) is 4.02. The Morgan fingerprint density at radius 2 is 1.50 bits per heavy atom. The van der Waals surface area contributed by atoms with Gasteiger partial charge in [-0.2, -0.15) is 0 Å². The van der Waals surface area contributed by atoms with E-state index in [0.717, 1.165) is 5.02 Å². The highest BCUT2D eigenvalue weighted by Gasteiger charge is 2.66. The molecule has 1 atom stereocenters. The van der Waals surface area contributed by atoms with E-state index in [4.69, 9.17) is 17.3 Å². The maximum atomic E-state index is 6.36. The fourth-order valence-corrected chi connectivity index (χ4v) is 3.15. The third-order valence-corrected chi connectivity index (χ3v) is 5.00. The second kappa shape index (κ2) is 3.48. The van der Waals surface area contributed by atoms with E-state index in [2.05, 4.69) is 27.7 Å². The van der Waals surface area contributed by atoms with Crippen LogP contribution in [0.5, 0.6) is 0 Å². The quantitative estimate of drug-likeness (QED) is 0.826. The molecule has 0 aliphatic heterocycles. The van der Waals surface area contributed by atoms with Crippen LogP contribution in [-0.2, 0) is 0 Å². The van der Waals surface area contributed by atoms with Crippen molar-refractivity contribution in [3.8, 4) is 0 Å². The van der Waals surface area contributed by atoms with Crippen molar-refractivity contribution in [2.75, 3.05) is 0 Å². The summed E-state index contributed by atoms with van der Waals surface area (Å²) in [7, 11) is 0. The van der Waals surface area contributed by atoms with E-state index in [0.29, 0.717) is 16.7 Å². The van der Waals surface area contributed by atoms with Gasteiger partial charge in [0.15, 0.2) is 0 Å². The highest BCUT2D eigenvalue weighted by molar-refractivity contribution is 6.30. The number of hydrogen-bond donors (Lipinski definition) is 1. The second-order valence-corrected chi connectivity index (χ2v) is 6.43. The summed E-state index contributed by atoms with van der Waals surface area (Å²) in [5.41, 5.74) is 8.20. The molecule has 16 heavy (non-hydrogen) atoms. The molecular weight excluding hydrogens is 218 g/mol. The molecule has 0 saturated heterocycles. The normalized spacial score (nSPS) is 24.1. The molecule has 1 aliphatic rings. The molecule has 2 N–H and O–H groups in total. The summed E-state index contributed by atoms with van der Waals surface area (Å²) in [6.45, 7) is 9.20. The molecule has 0 heterocycles. The van der Waals surface area contributed by atoms with Crippen LogP contribution in [-0.4, -0.2) is 0 Å². The van der Waals surface area contributed by atoms with E-state index in [1.807, 2.05) is 24.3 Å². The van der Waals surface area contributed by atoms with Crippen molar-refractivity contribution in [3.05, 3.63) is 34.9 Å². The van der Waals surface area contributed by atoms with Crippen LogP contribution in [0.25, 0.3) is 0 Å². The van der Waals surface area contributed by atoms with Crippen molar-refractivity contribution in [2.24, 2.45) is 22.5 Å². The molecule has 1 unspecified atom stereocenters. The van der Waals surface area contributed by atoms with Crippen molar-refractivity contribution in [1.82, 2.24) is 0 Å². The molecule has 88 valence electrons. The van der Waals surface area contributed by atoms with Gasteiger partial charge in [0.25, 0.3) is 0 Å². The van der Waals surface area contributed by atoms with E-state index in [1.54, 1.807) is 0 Å². The van der Waals surface area contributed by atoms with Crippen molar-refractivity contribution < 1.29 is 0 Å². The molecule has 1 fully saturated rings. The maximum absolute atomic E-state index is 6.36. The van der Waals surface area contributed by atoms with Gasteiger partial charge in [0.05, 0.1) is 0 Å². The van der Waals surface area contributed by atoms with Crippen LogP contribution in [0.2, 0.25) is 5.02 Å². The average molecular weight is 238 g/mol. The fourth-order valence-electron chi connectivity index (χ4n) is 3.02. The number of nitrogens with two attached hydrogens (primary N) is 1. The Hall–Kier alpha value is -0.530. The van der Waals surface area contributed by atoms with Gasteiger partial charge in [0, 0.05) is 11.1 Å². The molecule has 1 saturated carbocycles. The lowest BCUT2D eigenvalue weighted by molar-refractivity contribution is 0.457. The van der Waals surface area contributed by atoms with Crippen LogP contribution in [0.1, 0.15) is 39.3 Å². The van der Waals surface area contributed by atoms with Crippen molar-refractivity contribution in [2.45, 2.75) is 33.7 Å². The number of halogens is 1. The zero-order valence-electron chi connectivity index (χ0n) is 10.4. The van der Waals surface area contributed by atoms with Gasteiger partial charge in [-0.3, -0.25) is 0 Å². The predicted molar refractivity (Wildman–Crippen MR) is 69.4 cm³/mol. The van der Waals surface area contributed by atoms with Crippen LogP contribution in [0, 0.1) is 16.7 Å². The monoisotopic (exact) mass is 237 g/mol. The third-order valence-electron chi connectivity index (χ3n) is 4.75. The van der Waals surface area contributed by atoms with Crippen molar-refractivity contribution >= 4 is 11.6 Å². The first-order valence-corrected chi connectivity index (χ1v) is 6.17. The lowest BCUT2D eigenvalue weighted by atomic mass is 9.98. The second-order valence-electron chi connectivity index (χ2n) is 6.00. The minimum atomic E-state index is 0.113. The van der Waals surface area contributed by atoms with Gasteiger partial charge in [-0.1, -0.05) is 51.4 Å². The third kappa shape index (κ3) is 1.57. The Morgan fingerprint density at radius 1 is 1.06 bits per heavy atom. The SMILES string of the molecule is CC1(C)C(C(N)c2ccc(Cl)cc2)C1(C)C. The zero-order chi connectivity index (χ0) is 12.1. The minimum absolute atomic E-state index is 0.113. The van der Waals surface area contributed by atoms with Gasteiger partial charge in [-0.15, -0.1) is 0 Å². The van der Waals surface area contributed by atoms with Gasteiger partial charge < -0.3 is 5.73 Å². The van der Waals surface area contributed by atoms with E-state index in [9.17, 15) is 0 Å². The smallest absolute Gasteiger partial charge is 0.0406 e. The lowest BCUT2D eigenvalue weighted by Crippen LogP contribution is -2.16. The Balaban J connectivity index is 2.22. The van der Waals surface area contributed by atoms with Crippen LogP contribution in [0.3, 0.4) is 0 Å². The first-order valence-electron chi connectivity index (χ1n) is 5.79. The largest absolute Gasteiger partial charge is 0.324 e. The van der Waals surface area contributed by atoms with E-state index in [1.165, 1.54) is 5.56 Å². The summed E-state index contributed by atoms with van der Waals surface area (Å²) in [5.74, 6) is 0.543. The molecule has 0 aromatic heterocycles. The van der Waals surface area contributed by atoms with Crippen molar-refractivity contribution in [3.63, 3.8) is 0 Å².